The van der Waals surface area contributed by atoms with Crippen LogP contribution in [0.25, 0.3) is 0 Å². The van der Waals surface area contributed by atoms with Crippen molar-refractivity contribution in [1.29, 1.82) is 0 Å². The molecule has 0 amide bonds. The molecule has 0 radical (unpaired) electrons. The Bertz CT molecular complexity index is 336. The Labute approximate surface area is 111 Å². The van der Waals surface area contributed by atoms with Crippen LogP contribution in [0.2, 0.25) is 0 Å². The second-order valence-electron chi connectivity index (χ2n) is 5.01. The van der Waals surface area contributed by atoms with Gasteiger partial charge in [-0.25, -0.2) is 0 Å². The Morgan fingerprint density at radius 2 is 2.25 bits per heavy atom. The van der Waals surface area contributed by atoms with Crippen LogP contribution in [-0.2, 0) is 6.54 Å². The largest absolute Gasteiger partial charge is 0.310 e. The second-order valence-corrected chi connectivity index (χ2v) is 7.30. The van der Waals surface area contributed by atoms with Crippen LogP contribution in [0.1, 0.15) is 38.7 Å². The summed E-state index contributed by atoms with van der Waals surface area (Å²) in [5.74, 6) is 1.69. The minimum absolute atomic E-state index is 0.711. The van der Waals surface area contributed by atoms with Gasteiger partial charge in [0.25, 0.3) is 0 Å². The molecule has 1 nitrogen and oxygen atoms in total. The molecule has 1 aliphatic rings. The minimum Gasteiger partial charge on any atom is -0.310 e. The summed E-state index contributed by atoms with van der Waals surface area (Å²) in [6.07, 6.45) is 4.14. The average Bonchev–Trinajstić information content (AvgIpc) is 2.67. The van der Waals surface area contributed by atoms with Gasteiger partial charge in [0.15, 0.2) is 0 Å². The normalized spacial score (nSPS) is 30.6. The molecule has 3 heteroatoms. The fourth-order valence-electron chi connectivity index (χ4n) is 2.56. The summed E-state index contributed by atoms with van der Waals surface area (Å²) < 4.78 is 1.23. The lowest BCUT2D eigenvalue weighted by atomic mass is 9.78. The molecule has 1 aromatic rings. The number of thiophene rings is 1. The van der Waals surface area contributed by atoms with Crippen LogP contribution in [0.5, 0.6) is 0 Å². The molecule has 1 heterocycles. The molecule has 2 rings (SSSR count). The van der Waals surface area contributed by atoms with Crippen molar-refractivity contribution in [2.45, 2.75) is 45.7 Å². The van der Waals surface area contributed by atoms with E-state index in [1.54, 1.807) is 11.3 Å². The lowest BCUT2D eigenvalue weighted by Gasteiger charge is -2.34. The Hall–Kier alpha value is 0.140. The quantitative estimate of drug-likeness (QED) is 0.871. The number of hydrogen-bond acceptors (Lipinski definition) is 2. The molecule has 0 bridgehead atoms. The van der Waals surface area contributed by atoms with Crippen molar-refractivity contribution in [2.75, 3.05) is 0 Å². The van der Waals surface area contributed by atoms with Crippen molar-refractivity contribution < 1.29 is 0 Å². The fraction of sp³-hybridized carbons (Fsp3) is 0.692. The summed E-state index contributed by atoms with van der Waals surface area (Å²) in [4.78, 5) is 0. The van der Waals surface area contributed by atoms with E-state index in [4.69, 9.17) is 0 Å². The number of nitrogens with one attached hydrogen (secondary N) is 1. The van der Waals surface area contributed by atoms with Crippen molar-refractivity contribution in [2.24, 2.45) is 11.8 Å². The van der Waals surface area contributed by atoms with Crippen molar-refractivity contribution in [3.63, 3.8) is 0 Å². The Balaban J connectivity index is 1.85. The van der Waals surface area contributed by atoms with Crippen LogP contribution in [0.4, 0.5) is 0 Å². The van der Waals surface area contributed by atoms with Crippen LogP contribution in [-0.4, -0.2) is 6.04 Å². The molecule has 1 saturated carbocycles. The maximum Gasteiger partial charge on any atom is 0.0701 e. The Kier molecular flexibility index (Phi) is 4.45. The van der Waals surface area contributed by atoms with Gasteiger partial charge in [-0.1, -0.05) is 26.7 Å². The number of halogens is 1. The Morgan fingerprint density at radius 1 is 1.44 bits per heavy atom. The van der Waals surface area contributed by atoms with Crippen molar-refractivity contribution in [3.05, 3.63) is 20.8 Å². The third kappa shape index (κ3) is 3.08. The summed E-state index contributed by atoms with van der Waals surface area (Å²) in [5, 5.41) is 5.95. The van der Waals surface area contributed by atoms with E-state index in [2.05, 4.69) is 46.5 Å². The van der Waals surface area contributed by atoms with Crippen LogP contribution >= 0.6 is 27.3 Å². The topological polar surface area (TPSA) is 12.0 Å². The van der Waals surface area contributed by atoms with Gasteiger partial charge in [0, 0.05) is 12.6 Å². The van der Waals surface area contributed by atoms with Gasteiger partial charge in [-0.15, -0.1) is 11.3 Å². The van der Waals surface area contributed by atoms with E-state index < -0.39 is 0 Å². The van der Waals surface area contributed by atoms with E-state index in [-0.39, 0.29) is 0 Å². The van der Waals surface area contributed by atoms with Gasteiger partial charge in [0.2, 0.25) is 0 Å². The molecule has 1 aromatic heterocycles. The van der Waals surface area contributed by atoms with Gasteiger partial charge in [0.1, 0.15) is 0 Å². The van der Waals surface area contributed by atoms with Crippen LogP contribution in [0.15, 0.2) is 15.2 Å². The standard InChI is InChI=1S/C13H20BrNS/c1-9-4-3-5-12(10(9)2)15-7-11-6-13(14)16-8-11/h6,8-10,12,15H,3-5,7H2,1-2H3. The van der Waals surface area contributed by atoms with Gasteiger partial charge in [0.05, 0.1) is 3.79 Å². The van der Waals surface area contributed by atoms with Gasteiger partial charge >= 0.3 is 0 Å². The Morgan fingerprint density at radius 3 is 2.94 bits per heavy atom. The number of rotatable bonds is 3. The first kappa shape index (κ1) is 12.6. The molecule has 1 aliphatic carbocycles. The van der Waals surface area contributed by atoms with E-state index in [9.17, 15) is 0 Å². The van der Waals surface area contributed by atoms with E-state index in [0.717, 1.165) is 18.4 Å². The molecule has 0 saturated heterocycles. The highest BCUT2D eigenvalue weighted by atomic mass is 79.9. The summed E-state index contributed by atoms with van der Waals surface area (Å²) in [6, 6.07) is 2.93. The zero-order valence-electron chi connectivity index (χ0n) is 10.0. The van der Waals surface area contributed by atoms with E-state index in [1.807, 2.05) is 0 Å². The summed E-state index contributed by atoms with van der Waals surface area (Å²) in [7, 11) is 0. The first-order valence-electron chi connectivity index (χ1n) is 6.13. The highest BCUT2D eigenvalue weighted by Crippen LogP contribution is 2.30. The molecule has 0 aromatic carbocycles. The SMILES string of the molecule is CC1CCCC(NCc2csc(Br)c2)C1C. The molecule has 3 unspecified atom stereocenters. The molecular formula is C13H20BrNS. The first-order chi connectivity index (χ1) is 7.66. The lowest BCUT2D eigenvalue weighted by Crippen LogP contribution is -2.40. The molecule has 1 fully saturated rings. The van der Waals surface area contributed by atoms with Crippen molar-refractivity contribution in [1.82, 2.24) is 5.32 Å². The zero-order chi connectivity index (χ0) is 11.5. The maximum absolute atomic E-state index is 3.72. The third-order valence-corrected chi connectivity index (χ3v) is 5.45. The summed E-state index contributed by atoms with van der Waals surface area (Å²) in [6.45, 7) is 5.80. The second kappa shape index (κ2) is 5.65. The highest BCUT2D eigenvalue weighted by molar-refractivity contribution is 9.11. The monoisotopic (exact) mass is 301 g/mol. The zero-order valence-corrected chi connectivity index (χ0v) is 12.4. The van der Waals surface area contributed by atoms with Crippen molar-refractivity contribution >= 4 is 27.3 Å². The van der Waals surface area contributed by atoms with Crippen LogP contribution in [0, 0.1) is 11.8 Å². The third-order valence-electron chi connectivity index (χ3n) is 3.90. The van der Waals surface area contributed by atoms with Crippen molar-refractivity contribution in [3.8, 4) is 0 Å². The molecule has 0 spiro atoms. The highest BCUT2D eigenvalue weighted by Gasteiger charge is 2.26. The molecular weight excluding hydrogens is 282 g/mol. The smallest absolute Gasteiger partial charge is 0.0701 e. The maximum atomic E-state index is 3.72. The van der Waals surface area contributed by atoms with Gasteiger partial charge in [-0.05, 0) is 51.2 Å². The predicted molar refractivity (Wildman–Crippen MR) is 74.8 cm³/mol. The average molecular weight is 302 g/mol. The molecule has 3 atom stereocenters. The molecule has 0 aliphatic heterocycles. The lowest BCUT2D eigenvalue weighted by molar-refractivity contribution is 0.206. The predicted octanol–water partition coefficient (Wildman–Crippen LogP) is 4.42. The van der Waals surface area contributed by atoms with Gasteiger partial charge in [-0.3, -0.25) is 0 Å². The van der Waals surface area contributed by atoms with Crippen LogP contribution in [0.3, 0.4) is 0 Å². The van der Waals surface area contributed by atoms with E-state index >= 15 is 0 Å². The molecule has 16 heavy (non-hydrogen) atoms. The van der Waals surface area contributed by atoms with E-state index in [0.29, 0.717) is 6.04 Å². The molecule has 1 N–H and O–H groups in total. The minimum atomic E-state index is 0.711. The first-order valence-corrected chi connectivity index (χ1v) is 7.80. The van der Waals surface area contributed by atoms with Gasteiger partial charge in [-0.2, -0.15) is 0 Å². The van der Waals surface area contributed by atoms with Crippen LogP contribution < -0.4 is 5.32 Å². The summed E-state index contributed by atoms with van der Waals surface area (Å²) in [5.41, 5.74) is 1.40. The fourth-order valence-corrected chi connectivity index (χ4v) is 3.77. The molecule has 90 valence electrons. The van der Waals surface area contributed by atoms with E-state index in [1.165, 1.54) is 28.6 Å². The number of hydrogen-bond donors (Lipinski definition) is 1. The summed E-state index contributed by atoms with van der Waals surface area (Å²) >= 11 is 5.28. The van der Waals surface area contributed by atoms with Gasteiger partial charge < -0.3 is 5.32 Å².